The van der Waals surface area contributed by atoms with Crippen molar-refractivity contribution >= 4 is 11.7 Å². The quantitative estimate of drug-likeness (QED) is 0.887. The SMILES string of the molecule is Cc1ccc(N2CCCC(C(=O)O)C2(C)C)cc1C. The summed E-state index contributed by atoms with van der Waals surface area (Å²) in [7, 11) is 0. The van der Waals surface area contributed by atoms with Crippen LogP contribution in [0.1, 0.15) is 37.8 Å². The van der Waals surface area contributed by atoms with Crippen LogP contribution in [-0.4, -0.2) is 23.2 Å². The fraction of sp³-hybridized carbons (Fsp3) is 0.562. The molecule has 0 bridgehead atoms. The van der Waals surface area contributed by atoms with Gasteiger partial charge in [-0.25, -0.2) is 0 Å². The van der Waals surface area contributed by atoms with Crippen LogP contribution in [0.2, 0.25) is 0 Å². The topological polar surface area (TPSA) is 40.5 Å². The number of hydrogen-bond donors (Lipinski definition) is 1. The average molecular weight is 261 g/mol. The van der Waals surface area contributed by atoms with Crippen LogP contribution in [0, 0.1) is 19.8 Å². The summed E-state index contributed by atoms with van der Waals surface area (Å²) in [6.45, 7) is 9.21. The molecule has 1 aromatic carbocycles. The Morgan fingerprint density at radius 1 is 1.32 bits per heavy atom. The number of aliphatic carboxylic acids is 1. The lowest BCUT2D eigenvalue weighted by Gasteiger charge is -2.48. The minimum absolute atomic E-state index is 0.303. The number of anilines is 1. The Balaban J connectivity index is 2.37. The van der Waals surface area contributed by atoms with Crippen LogP contribution in [0.25, 0.3) is 0 Å². The Kier molecular flexibility index (Phi) is 3.57. The molecule has 3 heteroatoms. The van der Waals surface area contributed by atoms with Gasteiger partial charge in [-0.1, -0.05) is 6.07 Å². The zero-order valence-corrected chi connectivity index (χ0v) is 12.2. The van der Waals surface area contributed by atoms with E-state index in [1.807, 2.05) is 13.8 Å². The molecule has 1 heterocycles. The van der Waals surface area contributed by atoms with Gasteiger partial charge in [-0.05, 0) is 63.8 Å². The van der Waals surface area contributed by atoms with Crippen molar-refractivity contribution in [2.75, 3.05) is 11.4 Å². The Morgan fingerprint density at radius 3 is 2.58 bits per heavy atom. The third-order valence-electron chi connectivity index (χ3n) is 4.52. The van der Waals surface area contributed by atoms with Crippen LogP contribution in [0.3, 0.4) is 0 Å². The van der Waals surface area contributed by atoms with Gasteiger partial charge in [0, 0.05) is 17.8 Å². The second-order valence-corrected chi connectivity index (χ2v) is 6.11. The fourth-order valence-corrected chi connectivity index (χ4v) is 3.06. The molecule has 1 saturated heterocycles. The molecule has 1 aromatic rings. The molecule has 1 fully saturated rings. The molecular weight excluding hydrogens is 238 g/mol. The van der Waals surface area contributed by atoms with E-state index in [1.165, 1.54) is 11.1 Å². The number of carboxylic acids is 1. The highest BCUT2D eigenvalue weighted by Crippen LogP contribution is 2.37. The van der Waals surface area contributed by atoms with E-state index in [0.717, 1.165) is 25.1 Å². The standard InChI is InChI=1S/C16H23NO2/c1-11-7-8-13(10-12(11)2)17-9-5-6-14(15(18)19)16(17,3)4/h7-8,10,14H,5-6,9H2,1-4H3,(H,18,19). The Morgan fingerprint density at radius 2 is 2.00 bits per heavy atom. The monoisotopic (exact) mass is 261 g/mol. The molecule has 0 radical (unpaired) electrons. The first-order valence-corrected chi connectivity index (χ1v) is 6.91. The molecule has 1 aliphatic rings. The predicted octanol–water partition coefficient (Wildman–Crippen LogP) is 3.38. The highest BCUT2D eigenvalue weighted by atomic mass is 16.4. The zero-order chi connectivity index (χ0) is 14.2. The number of piperidine rings is 1. The van der Waals surface area contributed by atoms with E-state index in [4.69, 9.17) is 0 Å². The van der Waals surface area contributed by atoms with E-state index in [9.17, 15) is 9.90 Å². The summed E-state index contributed by atoms with van der Waals surface area (Å²) in [5.41, 5.74) is 3.32. The first kappa shape index (κ1) is 13.9. The second kappa shape index (κ2) is 4.87. The lowest BCUT2D eigenvalue weighted by Crippen LogP contribution is -2.55. The van der Waals surface area contributed by atoms with Crippen molar-refractivity contribution in [3.63, 3.8) is 0 Å². The van der Waals surface area contributed by atoms with Gasteiger partial charge in [0.05, 0.1) is 5.92 Å². The maximum atomic E-state index is 11.4. The molecule has 0 spiro atoms. The Bertz CT molecular complexity index is 494. The van der Waals surface area contributed by atoms with E-state index in [-0.39, 0.29) is 11.5 Å². The molecular formula is C16H23NO2. The van der Waals surface area contributed by atoms with Crippen LogP contribution in [0.15, 0.2) is 18.2 Å². The molecule has 1 atom stereocenters. The predicted molar refractivity (Wildman–Crippen MR) is 77.7 cm³/mol. The Hall–Kier alpha value is -1.51. The van der Waals surface area contributed by atoms with Gasteiger partial charge in [-0.2, -0.15) is 0 Å². The van der Waals surface area contributed by atoms with Gasteiger partial charge in [0.15, 0.2) is 0 Å². The van der Waals surface area contributed by atoms with E-state index in [2.05, 4.69) is 36.9 Å². The van der Waals surface area contributed by atoms with Gasteiger partial charge in [0.25, 0.3) is 0 Å². The van der Waals surface area contributed by atoms with Crippen LogP contribution in [0.5, 0.6) is 0 Å². The van der Waals surface area contributed by atoms with Crippen molar-refractivity contribution in [3.8, 4) is 0 Å². The van der Waals surface area contributed by atoms with Gasteiger partial charge >= 0.3 is 5.97 Å². The fourth-order valence-electron chi connectivity index (χ4n) is 3.06. The van der Waals surface area contributed by atoms with Crippen LogP contribution >= 0.6 is 0 Å². The summed E-state index contributed by atoms with van der Waals surface area (Å²) >= 11 is 0. The third-order valence-corrected chi connectivity index (χ3v) is 4.52. The number of carbonyl (C=O) groups is 1. The van der Waals surface area contributed by atoms with Crippen LogP contribution in [0.4, 0.5) is 5.69 Å². The molecule has 2 rings (SSSR count). The summed E-state index contributed by atoms with van der Waals surface area (Å²) in [4.78, 5) is 13.7. The molecule has 1 N–H and O–H groups in total. The van der Waals surface area contributed by atoms with Gasteiger partial charge in [-0.15, -0.1) is 0 Å². The Labute approximate surface area is 115 Å². The smallest absolute Gasteiger partial charge is 0.308 e. The van der Waals surface area contributed by atoms with Crippen molar-refractivity contribution in [1.82, 2.24) is 0 Å². The minimum atomic E-state index is -0.682. The lowest BCUT2D eigenvalue weighted by molar-refractivity contribution is -0.144. The molecule has 3 nitrogen and oxygen atoms in total. The number of nitrogens with zero attached hydrogens (tertiary/aromatic N) is 1. The van der Waals surface area contributed by atoms with Gasteiger partial charge in [-0.3, -0.25) is 4.79 Å². The zero-order valence-electron chi connectivity index (χ0n) is 12.2. The molecule has 1 unspecified atom stereocenters. The van der Waals surface area contributed by atoms with Crippen LogP contribution in [-0.2, 0) is 4.79 Å². The van der Waals surface area contributed by atoms with E-state index < -0.39 is 5.97 Å². The second-order valence-electron chi connectivity index (χ2n) is 6.11. The number of benzene rings is 1. The molecule has 19 heavy (non-hydrogen) atoms. The lowest BCUT2D eigenvalue weighted by atomic mass is 9.78. The molecule has 1 aliphatic heterocycles. The largest absolute Gasteiger partial charge is 0.481 e. The van der Waals surface area contributed by atoms with Crippen molar-refractivity contribution in [2.24, 2.45) is 5.92 Å². The summed E-state index contributed by atoms with van der Waals surface area (Å²) in [6.07, 6.45) is 1.71. The normalized spacial score (nSPS) is 22.3. The molecule has 0 aromatic heterocycles. The molecule has 104 valence electrons. The summed E-state index contributed by atoms with van der Waals surface area (Å²) in [6, 6.07) is 6.39. The molecule has 0 aliphatic carbocycles. The highest BCUT2D eigenvalue weighted by Gasteiger charge is 2.42. The summed E-state index contributed by atoms with van der Waals surface area (Å²) in [5, 5.41) is 9.41. The van der Waals surface area contributed by atoms with Crippen molar-refractivity contribution in [1.29, 1.82) is 0 Å². The van der Waals surface area contributed by atoms with E-state index >= 15 is 0 Å². The van der Waals surface area contributed by atoms with Gasteiger partial charge < -0.3 is 10.0 Å². The number of carboxylic acid groups (broad SMARTS) is 1. The van der Waals surface area contributed by atoms with Gasteiger partial charge in [0.1, 0.15) is 0 Å². The first-order chi connectivity index (χ1) is 8.84. The van der Waals surface area contributed by atoms with E-state index in [0.29, 0.717) is 0 Å². The average Bonchev–Trinajstić information content (AvgIpc) is 2.31. The first-order valence-electron chi connectivity index (χ1n) is 6.91. The van der Waals surface area contributed by atoms with Crippen molar-refractivity contribution in [2.45, 2.75) is 46.1 Å². The maximum Gasteiger partial charge on any atom is 0.308 e. The highest BCUT2D eigenvalue weighted by molar-refractivity contribution is 5.73. The van der Waals surface area contributed by atoms with Crippen molar-refractivity contribution < 1.29 is 9.90 Å². The third kappa shape index (κ3) is 2.46. The maximum absolute atomic E-state index is 11.4. The minimum Gasteiger partial charge on any atom is -0.481 e. The summed E-state index contributed by atoms with van der Waals surface area (Å²) < 4.78 is 0. The number of hydrogen-bond acceptors (Lipinski definition) is 2. The number of aryl methyl sites for hydroxylation is 2. The van der Waals surface area contributed by atoms with Gasteiger partial charge in [0.2, 0.25) is 0 Å². The van der Waals surface area contributed by atoms with Crippen LogP contribution < -0.4 is 4.90 Å². The van der Waals surface area contributed by atoms with Crippen molar-refractivity contribution in [3.05, 3.63) is 29.3 Å². The molecule has 0 saturated carbocycles. The van der Waals surface area contributed by atoms with E-state index in [1.54, 1.807) is 0 Å². The number of rotatable bonds is 2. The summed E-state index contributed by atoms with van der Waals surface area (Å²) in [5.74, 6) is -0.985. The molecule has 0 amide bonds.